The van der Waals surface area contributed by atoms with E-state index in [0.29, 0.717) is 35.7 Å². The summed E-state index contributed by atoms with van der Waals surface area (Å²) in [5.41, 5.74) is 1.69. The SMILES string of the molecule is CC1CC(C(F)(F)F)n2nc(-c3ccc(C(=O)N4CCNCC4)cc3)cc2N1.COc1ccccc1OC. The number of rotatable bonds is 4. The van der Waals surface area contributed by atoms with Crippen LogP contribution in [0.15, 0.2) is 54.6 Å². The lowest BCUT2D eigenvalue weighted by molar-refractivity contribution is -0.173. The van der Waals surface area contributed by atoms with Crippen LogP contribution < -0.4 is 20.1 Å². The van der Waals surface area contributed by atoms with Gasteiger partial charge in [0.2, 0.25) is 0 Å². The molecule has 0 saturated carbocycles. The molecule has 2 unspecified atom stereocenters. The van der Waals surface area contributed by atoms with Crippen molar-refractivity contribution in [3.63, 3.8) is 0 Å². The highest BCUT2D eigenvalue weighted by molar-refractivity contribution is 5.94. The maximum absolute atomic E-state index is 13.4. The van der Waals surface area contributed by atoms with E-state index in [1.54, 1.807) is 56.4 Å². The van der Waals surface area contributed by atoms with Crippen molar-refractivity contribution in [1.29, 1.82) is 0 Å². The average Bonchev–Trinajstić information content (AvgIpc) is 3.36. The molecule has 3 heterocycles. The van der Waals surface area contributed by atoms with E-state index < -0.39 is 12.2 Å². The molecule has 1 fully saturated rings. The third-order valence-corrected chi connectivity index (χ3v) is 6.50. The van der Waals surface area contributed by atoms with Gasteiger partial charge >= 0.3 is 6.18 Å². The van der Waals surface area contributed by atoms with Crippen molar-refractivity contribution in [2.75, 3.05) is 45.7 Å². The van der Waals surface area contributed by atoms with Gasteiger partial charge in [0.05, 0.1) is 19.9 Å². The number of carbonyl (C=O) groups is 1. The Bertz CT molecular complexity index is 1200. The normalized spacial score (nSPS) is 18.9. The minimum Gasteiger partial charge on any atom is -0.493 e. The lowest BCUT2D eigenvalue weighted by Crippen LogP contribution is -2.46. The van der Waals surface area contributed by atoms with Crippen molar-refractivity contribution in [1.82, 2.24) is 20.0 Å². The van der Waals surface area contributed by atoms with Gasteiger partial charge in [-0.05, 0) is 37.6 Å². The number of hydrogen-bond donors (Lipinski definition) is 2. The molecule has 2 aromatic carbocycles. The second-order valence-electron chi connectivity index (χ2n) is 9.17. The van der Waals surface area contributed by atoms with Crippen molar-refractivity contribution < 1.29 is 27.4 Å². The van der Waals surface area contributed by atoms with E-state index in [1.807, 2.05) is 24.3 Å². The van der Waals surface area contributed by atoms with Gasteiger partial charge in [0.1, 0.15) is 5.82 Å². The number of hydrogen-bond acceptors (Lipinski definition) is 6. The van der Waals surface area contributed by atoms with Crippen LogP contribution in [0.3, 0.4) is 0 Å². The third kappa shape index (κ3) is 6.21. The fourth-order valence-electron chi connectivity index (χ4n) is 4.52. The first kappa shape index (κ1) is 27.3. The number of benzene rings is 2. The van der Waals surface area contributed by atoms with Crippen LogP contribution in [0.25, 0.3) is 11.3 Å². The number of halogens is 3. The van der Waals surface area contributed by atoms with Gasteiger partial charge in [0.15, 0.2) is 17.5 Å². The summed E-state index contributed by atoms with van der Waals surface area (Å²) in [5, 5.41) is 10.5. The van der Waals surface area contributed by atoms with Crippen LogP contribution in [0.1, 0.15) is 29.7 Å². The van der Waals surface area contributed by atoms with Crippen LogP contribution in [0.4, 0.5) is 19.0 Å². The molecule has 1 aromatic heterocycles. The number of fused-ring (bicyclic) bond motifs is 1. The molecule has 8 nitrogen and oxygen atoms in total. The monoisotopic (exact) mass is 531 g/mol. The number of alkyl halides is 3. The van der Waals surface area contributed by atoms with Gasteiger partial charge in [-0.25, -0.2) is 4.68 Å². The molecule has 1 saturated heterocycles. The fourth-order valence-corrected chi connectivity index (χ4v) is 4.52. The van der Waals surface area contributed by atoms with E-state index >= 15 is 0 Å². The van der Waals surface area contributed by atoms with Crippen molar-refractivity contribution >= 4 is 11.7 Å². The summed E-state index contributed by atoms with van der Waals surface area (Å²) in [7, 11) is 3.25. The van der Waals surface area contributed by atoms with E-state index in [1.165, 1.54) is 0 Å². The summed E-state index contributed by atoms with van der Waals surface area (Å²) < 4.78 is 51.2. The Labute approximate surface area is 219 Å². The maximum atomic E-state index is 13.4. The summed E-state index contributed by atoms with van der Waals surface area (Å²) in [4.78, 5) is 14.3. The predicted molar refractivity (Wildman–Crippen MR) is 139 cm³/mol. The first-order chi connectivity index (χ1) is 18.2. The van der Waals surface area contributed by atoms with Crippen molar-refractivity contribution in [3.8, 4) is 22.8 Å². The molecule has 1 amide bonds. The lowest BCUT2D eigenvalue weighted by atomic mass is 10.1. The second-order valence-corrected chi connectivity index (χ2v) is 9.17. The highest BCUT2D eigenvalue weighted by Gasteiger charge is 2.45. The number of amides is 1. The topological polar surface area (TPSA) is 80.7 Å². The highest BCUT2D eigenvalue weighted by Crippen LogP contribution is 2.40. The molecule has 0 bridgehead atoms. The van der Waals surface area contributed by atoms with E-state index in [4.69, 9.17) is 9.47 Å². The number of para-hydroxylation sites is 2. The number of anilines is 1. The number of nitrogens with one attached hydrogen (secondary N) is 2. The highest BCUT2D eigenvalue weighted by atomic mass is 19.4. The van der Waals surface area contributed by atoms with Gasteiger partial charge in [-0.2, -0.15) is 18.3 Å². The van der Waals surface area contributed by atoms with Crippen LogP contribution in [-0.4, -0.2) is 73.2 Å². The minimum absolute atomic E-state index is 0.0372. The van der Waals surface area contributed by atoms with E-state index in [9.17, 15) is 18.0 Å². The Balaban J connectivity index is 0.000000283. The molecule has 0 spiro atoms. The number of methoxy groups -OCH3 is 2. The predicted octanol–water partition coefficient (Wildman–Crippen LogP) is 4.61. The third-order valence-electron chi connectivity index (χ3n) is 6.50. The molecule has 11 heteroatoms. The Morgan fingerprint density at radius 2 is 1.61 bits per heavy atom. The summed E-state index contributed by atoms with van der Waals surface area (Å²) in [6, 6.07) is 14.1. The Morgan fingerprint density at radius 3 is 2.16 bits per heavy atom. The zero-order chi connectivity index (χ0) is 27.3. The van der Waals surface area contributed by atoms with Crippen molar-refractivity contribution in [3.05, 3.63) is 60.2 Å². The smallest absolute Gasteiger partial charge is 0.410 e. The van der Waals surface area contributed by atoms with Crippen molar-refractivity contribution in [2.45, 2.75) is 31.6 Å². The molecule has 0 radical (unpaired) electrons. The molecule has 0 aliphatic carbocycles. The Morgan fingerprint density at radius 1 is 1.00 bits per heavy atom. The van der Waals surface area contributed by atoms with Gasteiger partial charge < -0.3 is 25.0 Å². The number of carbonyl (C=O) groups excluding carboxylic acids is 1. The first-order valence-corrected chi connectivity index (χ1v) is 12.4. The Kier molecular flexibility index (Phi) is 8.45. The summed E-state index contributed by atoms with van der Waals surface area (Å²) in [6.07, 6.45) is -4.41. The van der Waals surface area contributed by atoms with E-state index in [0.717, 1.165) is 29.3 Å². The lowest BCUT2D eigenvalue weighted by Gasteiger charge is -2.31. The number of ether oxygens (including phenoxy) is 2. The first-order valence-electron chi connectivity index (χ1n) is 12.4. The number of aromatic nitrogens is 2. The van der Waals surface area contributed by atoms with Crippen LogP contribution in [0.2, 0.25) is 0 Å². The number of nitrogens with zero attached hydrogens (tertiary/aromatic N) is 3. The number of piperazine rings is 1. The second kappa shape index (κ2) is 11.8. The fraction of sp³-hybridized carbons (Fsp3) is 0.407. The van der Waals surface area contributed by atoms with E-state index in [-0.39, 0.29) is 18.4 Å². The quantitative estimate of drug-likeness (QED) is 0.512. The van der Waals surface area contributed by atoms with E-state index in [2.05, 4.69) is 15.7 Å². The largest absolute Gasteiger partial charge is 0.493 e. The summed E-state index contributed by atoms with van der Waals surface area (Å²) >= 11 is 0. The minimum atomic E-state index is -4.35. The molecule has 5 rings (SSSR count). The molecule has 2 atom stereocenters. The molecular weight excluding hydrogens is 499 g/mol. The molecular formula is C27H32F3N5O3. The van der Waals surface area contributed by atoms with Crippen LogP contribution >= 0.6 is 0 Å². The molecule has 3 aromatic rings. The summed E-state index contributed by atoms with van der Waals surface area (Å²) in [6.45, 7) is 4.60. The molecule has 204 valence electrons. The summed E-state index contributed by atoms with van der Waals surface area (Å²) in [5.74, 6) is 1.86. The Hall–Kier alpha value is -3.73. The van der Waals surface area contributed by atoms with Crippen LogP contribution in [-0.2, 0) is 0 Å². The standard InChI is InChI=1S/C19H22F3N5O.C8H10O2/c1-12-10-16(19(20,21)22)27-17(24-12)11-15(25-27)13-2-4-14(5-3-13)18(28)26-8-6-23-7-9-26;1-9-7-5-3-4-6-8(7)10-2/h2-5,11-12,16,23-24H,6-10H2,1H3;3-6H,1-2H3. The average molecular weight is 532 g/mol. The zero-order valence-corrected chi connectivity index (χ0v) is 21.6. The zero-order valence-electron chi connectivity index (χ0n) is 21.6. The molecule has 38 heavy (non-hydrogen) atoms. The van der Waals surface area contributed by atoms with Gasteiger partial charge in [-0.15, -0.1) is 0 Å². The van der Waals surface area contributed by atoms with Gasteiger partial charge in [-0.3, -0.25) is 4.79 Å². The molecule has 2 aliphatic rings. The van der Waals surface area contributed by atoms with Crippen LogP contribution in [0, 0.1) is 0 Å². The van der Waals surface area contributed by atoms with Crippen molar-refractivity contribution in [2.24, 2.45) is 0 Å². The van der Waals surface area contributed by atoms with Crippen LogP contribution in [0.5, 0.6) is 11.5 Å². The van der Waals surface area contributed by atoms with Gasteiger partial charge in [0.25, 0.3) is 5.91 Å². The molecule has 2 N–H and O–H groups in total. The maximum Gasteiger partial charge on any atom is 0.410 e. The van der Waals surface area contributed by atoms with Gasteiger partial charge in [-0.1, -0.05) is 24.3 Å². The van der Waals surface area contributed by atoms with Gasteiger partial charge in [0, 0.05) is 49.4 Å². The molecule has 2 aliphatic heterocycles.